The number of hydrogen-bond acceptors (Lipinski definition) is 4. The van der Waals surface area contributed by atoms with Crippen LogP contribution in [0.2, 0.25) is 0 Å². The molecule has 2 atom stereocenters. The van der Waals surface area contributed by atoms with Crippen molar-refractivity contribution in [3.05, 3.63) is 36.0 Å². The van der Waals surface area contributed by atoms with E-state index in [1.165, 1.54) is 6.42 Å². The van der Waals surface area contributed by atoms with Gasteiger partial charge in [0.05, 0.1) is 18.8 Å². The van der Waals surface area contributed by atoms with Gasteiger partial charge in [-0.2, -0.15) is 0 Å². The molecule has 1 N–H and O–H groups in total. The summed E-state index contributed by atoms with van der Waals surface area (Å²) in [6.45, 7) is 4.49. The summed E-state index contributed by atoms with van der Waals surface area (Å²) in [5.74, 6) is -0.737. The van der Waals surface area contributed by atoms with E-state index in [1.54, 1.807) is 15.7 Å². The second-order valence-corrected chi connectivity index (χ2v) is 8.35. The van der Waals surface area contributed by atoms with Crippen molar-refractivity contribution in [2.75, 3.05) is 26.3 Å². The second-order valence-electron chi connectivity index (χ2n) is 8.35. The summed E-state index contributed by atoms with van der Waals surface area (Å²) in [4.78, 5) is 40.2. The number of morpholine rings is 1. The molecule has 1 aromatic carbocycles. The molecule has 1 aliphatic heterocycles. The van der Waals surface area contributed by atoms with Crippen molar-refractivity contribution < 1.29 is 19.1 Å². The van der Waals surface area contributed by atoms with Crippen LogP contribution in [0.1, 0.15) is 43.0 Å². The summed E-state index contributed by atoms with van der Waals surface area (Å²) in [7, 11) is 0. The average molecular weight is 412 g/mol. The highest BCUT2D eigenvalue weighted by molar-refractivity contribution is 6.45. The van der Waals surface area contributed by atoms with Crippen molar-refractivity contribution in [3.63, 3.8) is 0 Å². The standard InChI is InChI=1S/C23H29N3O4/c1-16-6-2-4-8-19(16)24-23(29)22(28)18-14-26(20-9-5-3-7-17(18)20)15-21(27)25-10-12-30-13-11-25/h3,5,7,9,14,16,19H,2,4,6,8,10-13,15H2,1H3,(H,24,29)/t16-,19-/m0/s1. The number of ketones is 1. The third kappa shape index (κ3) is 4.26. The Morgan fingerprint density at radius 1 is 1.10 bits per heavy atom. The average Bonchev–Trinajstić information content (AvgIpc) is 3.14. The van der Waals surface area contributed by atoms with Crippen LogP contribution in [0, 0.1) is 5.92 Å². The Hall–Kier alpha value is -2.67. The maximum Gasteiger partial charge on any atom is 0.292 e. The van der Waals surface area contributed by atoms with Crippen molar-refractivity contribution in [1.29, 1.82) is 0 Å². The number of fused-ring (bicyclic) bond motifs is 1. The fraction of sp³-hybridized carbons (Fsp3) is 0.522. The molecule has 2 heterocycles. The van der Waals surface area contributed by atoms with Gasteiger partial charge in [0, 0.05) is 36.2 Å². The van der Waals surface area contributed by atoms with Gasteiger partial charge in [-0.1, -0.05) is 38.0 Å². The molecule has 2 aliphatic rings. The molecule has 7 nitrogen and oxygen atoms in total. The summed E-state index contributed by atoms with van der Waals surface area (Å²) >= 11 is 0. The molecule has 0 radical (unpaired) electrons. The van der Waals surface area contributed by atoms with Crippen LogP contribution in [-0.4, -0.2) is 59.4 Å². The van der Waals surface area contributed by atoms with Crippen LogP contribution >= 0.6 is 0 Å². The summed E-state index contributed by atoms with van der Waals surface area (Å²) in [5, 5.41) is 3.64. The fourth-order valence-electron chi connectivity index (χ4n) is 4.50. The highest BCUT2D eigenvalue weighted by Gasteiger charge is 2.28. The van der Waals surface area contributed by atoms with E-state index in [0.29, 0.717) is 43.2 Å². The number of nitrogens with one attached hydrogen (secondary N) is 1. The SMILES string of the molecule is C[C@H]1CCCC[C@@H]1NC(=O)C(=O)c1cn(CC(=O)N2CCOCC2)c2ccccc12. The van der Waals surface area contributed by atoms with E-state index >= 15 is 0 Å². The number of rotatable bonds is 5. The number of Topliss-reactive ketones (excluding diaryl/α,β-unsaturated/α-hetero) is 1. The lowest BCUT2D eigenvalue weighted by Crippen LogP contribution is -2.44. The minimum Gasteiger partial charge on any atom is -0.378 e. The lowest BCUT2D eigenvalue weighted by Gasteiger charge is -2.29. The van der Waals surface area contributed by atoms with Crippen molar-refractivity contribution in [3.8, 4) is 0 Å². The number of ether oxygens (including phenoxy) is 1. The first-order valence-electron chi connectivity index (χ1n) is 10.8. The molecule has 2 aromatic rings. The van der Waals surface area contributed by atoms with Gasteiger partial charge in [-0.3, -0.25) is 14.4 Å². The zero-order valence-corrected chi connectivity index (χ0v) is 17.4. The molecule has 160 valence electrons. The van der Waals surface area contributed by atoms with Gasteiger partial charge in [0.15, 0.2) is 0 Å². The maximum absolute atomic E-state index is 13.0. The van der Waals surface area contributed by atoms with Gasteiger partial charge in [-0.05, 0) is 24.8 Å². The molecule has 1 aliphatic carbocycles. The minimum atomic E-state index is -0.559. The zero-order chi connectivity index (χ0) is 21.1. The largest absolute Gasteiger partial charge is 0.378 e. The van der Waals surface area contributed by atoms with E-state index in [1.807, 2.05) is 24.3 Å². The molecule has 4 rings (SSSR count). The van der Waals surface area contributed by atoms with Crippen molar-refractivity contribution in [1.82, 2.24) is 14.8 Å². The number of aromatic nitrogens is 1. The molecular formula is C23H29N3O4. The van der Waals surface area contributed by atoms with Crippen LogP contribution in [0.25, 0.3) is 10.9 Å². The summed E-state index contributed by atoms with van der Waals surface area (Å²) in [6.07, 6.45) is 5.88. The number of hydrogen-bond donors (Lipinski definition) is 1. The van der Waals surface area contributed by atoms with Crippen molar-refractivity contribution in [2.45, 2.75) is 45.2 Å². The van der Waals surface area contributed by atoms with Crippen LogP contribution in [0.5, 0.6) is 0 Å². The lowest BCUT2D eigenvalue weighted by atomic mass is 9.86. The van der Waals surface area contributed by atoms with Crippen molar-refractivity contribution in [2.24, 2.45) is 5.92 Å². The van der Waals surface area contributed by atoms with Crippen molar-refractivity contribution >= 4 is 28.5 Å². The van der Waals surface area contributed by atoms with Gasteiger partial charge in [0.1, 0.15) is 6.54 Å². The predicted molar refractivity (Wildman–Crippen MR) is 113 cm³/mol. The van der Waals surface area contributed by atoms with E-state index in [2.05, 4.69) is 12.2 Å². The lowest BCUT2D eigenvalue weighted by molar-refractivity contribution is -0.135. The van der Waals surface area contributed by atoms with Gasteiger partial charge < -0.3 is 19.5 Å². The summed E-state index contributed by atoms with van der Waals surface area (Å²) < 4.78 is 7.09. The number of para-hydroxylation sites is 1. The molecule has 2 amide bonds. The quantitative estimate of drug-likeness (QED) is 0.605. The van der Waals surface area contributed by atoms with Gasteiger partial charge >= 0.3 is 0 Å². The molecule has 0 bridgehead atoms. The monoisotopic (exact) mass is 411 g/mol. The van der Waals surface area contributed by atoms with E-state index in [4.69, 9.17) is 4.74 Å². The molecule has 1 aromatic heterocycles. The van der Waals surface area contributed by atoms with Gasteiger partial charge in [0.2, 0.25) is 5.91 Å². The van der Waals surface area contributed by atoms with E-state index < -0.39 is 11.7 Å². The van der Waals surface area contributed by atoms with Crippen LogP contribution in [0.3, 0.4) is 0 Å². The van der Waals surface area contributed by atoms with Gasteiger partial charge in [-0.25, -0.2) is 0 Å². The Kier molecular flexibility index (Phi) is 6.18. The van der Waals surface area contributed by atoms with Crippen LogP contribution in [0.15, 0.2) is 30.5 Å². The molecule has 30 heavy (non-hydrogen) atoms. The highest BCUT2D eigenvalue weighted by atomic mass is 16.5. The van der Waals surface area contributed by atoms with E-state index in [-0.39, 0.29) is 18.5 Å². The molecule has 1 saturated carbocycles. The number of carbonyl (C=O) groups is 3. The Labute approximate surface area is 176 Å². The molecule has 0 spiro atoms. The Balaban J connectivity index is 1.54. The molecule has 0 unspecified atom stereocenters. The molecule has 2 fully saturated rings. The summed E-state index contributed by atoms with van der Waals surface area (Å²) in [5.41, 5.74) is 1.13. The topological polar surface area (TPSA) is 80.6 Å². The van der Waals surface area contributed by atoms with E-state index in [9.17, 15) is 14.4 Å². The van der Waals surface area contributed by atoms with Crippen LogP contribution in [-0.2, 0) is 20.9 Å². The molecular weight excluding hydrogens is 382 g/mol. The highest BCUT2D eigenvalue weighted by Crippen LogP contribution is 2.25. The third-order valence-electron chi connectivity index (χ3n) is 6.34. The number of nitrogens with zero attached hydrogens (tertiary/aromatic N) is 2. The Morgan fingerprint density at radius 3 is 2.60 bits per heavy atom. The zero-order valence-electron chi connectivity index (χ0n) is 17.4. The maximum atomic E-state index is 13.0. The summed E-state index contributed by atoms with van der Waals surface area (Å²) in [6, 6.07) is 7.46. The minimum absolute atomic E-state index is 0.0152. The fourth-order valence-corrected chi connectivity index (χ4v) is 4.50. The van der Waals surface area contributed by atoms with E-state index in [0.717, 1.165) is 24.8 Å². The smallest absolute Gasteiger partial charge is 0.292 e. The molecule has 7 heteroatoms. The third-order valence-corrected chi connectivity index (χ3v) is 6.34. The first kappa shape index (κ1) is 20.6. The second kappa shape index (κ2) is 9.00. The first-order chi connectivity index (χ1) is 14.5. The number of carbonyl (C=O) groups excluding carboxylic acids is 3. The van der Waals surface area contributed by atoms with Gasteiger partial charge in [-0.15, -0.1) is 0 Å². The first-order valence-corrected chi connectivity index (χ1v) is 10.8. The predicted octanol–water partition coefficient (Wildman–Crippen LogP) is 2.38. The Bertz CT molecular complexity index is 945. The molecule has 1 saturated heterocycles. The number of amides is 2. The van der Waals surface area contributed by atoms with Gasteiger partial charge in [0.25, 0.3) is 11.7 Å². The van der Waals surface area contributed by atoms with Crippen LogP contribution in [0.4, 0.5) is 0 Å². The number of benzene rings is 1. The normalized spacial score (nSPS) is 22.1. The van der Waals surface area contributed by atoms with Crippen LogP contribution < -0.4 is 5.32 Å². The Morgan fingerprint density at radius 2 is 1.83 bits per heavy atom.